The molecule has 0 saturated carbocycles. The number of hydrogen-bond acceptors (Lipinski definition) is 3. The highest BCUT2D eigenvalue weighted by Gasteiger charge is 2.20. The lowest BCUT2D eigenvalue weighted by molar-refractivity contribution is 0.281. The Kier molecular flexibility index (Phi) is 2.91. The molecular formula is C13H14N2OS. The molecule has 3 rings (SSSR count). The zero-order chi connectivity index (χ0) is 11.7. The molecule has 0 aliphatic carbocycles. The van der Waals surface area contributed by atoms with Gasteiger partial charge in [0.15, 0.2) is 0 Å². The van der Waals surface area contributed by atoms with Crippen LogP contribution in [0.4, 0.5) is 0 Å². The molecule has 0 bridgehead atoms. The number of aryl methyl sites for hydroxylation is 1. The lowest BCUT2D eigenvalue weighted by atomic mass is 10.1. The summed E-state index contributed by atoms with van der Waals surface area (Å²) in [5.74, 6) is 0. The molecule has 0 radical (unpaired) electrons. The average Bonchev–Trinajstić information content (AvgIpc) is 2.91. The summed E-state index contributed by atoms with van der Waals surface area (Å²) in [6, 6.07) is 6.24. The molecule has 4 heteroatoms. The van der Waals surface area contributed by atoms with E-state index in [1.54, 1.807) is 0 Å². The maximum absolute atomic E-state index is 9.12. The van der Waals surface area contributed by atoms with Crippen LogP contribution in [0.5, 0.6) is 0 Å². The lowest BCUT2D eigenvalue weighted by Crippen LogP contribution is -2.10. The highest BCUT2D eigenvalue weighted by molar-refractivity contribution is 7.99. The number of aliphatic hydroxyl groups is 1. The minimum absolute atomic E-state index is 0.128. The summed E-state index contributed by atoms with van der Waals surface area (Å²) in [6.45, 7) is 0.128. The van der Waals surface area contributed by atoms with Crippen molar-refractivity contribution >= 4 is 11.8 Å². The van der Waals surface area contributed by atoms with Crippen molar-refractivity contribution in [3.63, 3.8) is 0 Å². The molecule has 0 saturated heterocycles. The second kappa shape index (κ2) is 4.55. The zero-order valence-corrected chi connectivity index (χ0v) is 10.2. The summed E-state index contributed by atoms with van der Waals surface area (Å²) in [7, 11) is 0. The van der Waals surface area contributed by atoms with Crippen LogP contribution >= 0.6 is 11.8 Å². The molecule has 1 aliphatic rings. The maximum atomic E-state index is 9.12. The van der Waals surface area contributed by atoms with Gasteiger partial charge in [-0.2, -0.15) is 0 Å². The molecule has 3 nitrogen and oxygen atoms in total. The fourth-order valence-corrected chi connectivity index (χ4v) is 3.41. The number of benzene rings is 1. The third-order valence-corrected chi connectivity index (χ3v) is 4.49. The fourth-order valence-electron chi connectivity index (χ4n) is 2.18. The predicted octanol–water partition coefficient (Wildman–Crippen LogP) is 2.61. The van der Waals surface area contributed by atoms with Gasteiger partial charge in [0.1, 0.15) is 0 Å². The van der Waals surface area contributed by atoms with Crippen molar-refractivity contribution in [2.75, 3.05) is 0 Å². The van der Waals surface area contributed by atoms with E-state index in [-0.39, 0.29) is 6.61 Å². The Morgan fingerprint density at radius 2 is 2.41 bits per heavy atom. The van der Waals surface area contributed by atoms with Gasteiger partial charge in [-0.15, -0.1) is 11.8 Å². The van der Waals surface area contributed by atoms with Crippen molar-refractivity contribution in [1.29, 1.82) is 0 Å². The first-order chi connectivity index (χ1) is 8.36. The Balaban J connectivity index is 1.86. The minimum Gasteiger partial charge on any atom is -0.392 e. The molecule has 1 aromatic heterocycles. The van der Waals surface area contributed by atoms with E-state index in [4.69, 9.17) is 5.11 Å². The van der Waals surface area contributed by atoms with Crippen LogP contribution in [-0.2, 0) is 13.0 Å². The van der Waals surface area contributed by atoms with Crippen molar-refractivity contribution in [3.05, 3.63) is 48.0 Å². The van der Waals surface area contributed by atoms with Crippen LogP contribution < -0.4 is 0 Å². The Morgan fingerprint density at radius 3 is 3.18 bits per heavy atom. The third-order valence-electron chi connectivity index (χ3n) is 3.09. The van der Waals surface area contributed by atoms with Crippen LogP contribution in [0.2, 0.25) is 0 Å². The SMILES string of the molecule is OCc1ccc2c(c1)CCC(n1ccnc1)S2. The molecule has 0 fully saturated rings. The number of aromatic nitrogens is 2. The Bertz CT molecular complexity index is 510. The molecule has 1 N–H and O–H groups in total. The lowest BCUT2D eigenvalue weighted by Gasteiger charge is -2.25. The van der Waals surface area contributed by atoms with Crippen LogP contribution in [0.25, 0.3) is 0 Å². The topological polar surface area (TPSA) is 38.0 Å². The Morgan fingerprint density at radius 1 is 1.47 bits per heavy atom. The summed E-state index contributed by atoms with van der Waals surface area (Å²) in [4.78, 5) is 5.42. The van der Waals surface area contributed by atoms with Crippen molar-refractivity contribution in [2.45, 2.75) is 29.7 Å². The highest BCUT2D eigenvalue weighted by Crippen LogP contribution is 2.41. The standard InChI is InChI=1S/C13H14N2OS/c16-8-10-1-3-12-11(7-10)2-4-13(17-12)15-6-5-14-9-15/h1,3,5-7,9,13,16H,2,4,8H2. The number of rotatable bonds is 2. The zero-order valence-electron chi connectivity index (χ0n) is 9.41. The molecule has 0 spiro atoms. The van der Waals surface area contributed by atoms with E-state index in [2.05, 4.69) is 21.7 Å². The molecule has 1 aliphatic heterocycles. The first-order valence-electron chi connectivity index (χ1n) is 5.73. The second-order valence-electron chi connectivity index (χ2n) is 4.22. The molecule has 2 heterocycles. The van der Waals surface area contributed by atoms with Crippen LogP contribution in [0, 0.1) is 0 Å². The van der Waals surface area contributed by atoms with E-state index in [0.717, 1.165) is 18.4 Å². The highest BCUT2D eigenvalue weighted by atomic mass is 32.2. The molecule has 17 heavy (non-hydrogen) atoms. The van der Waals surface area contributed by atoms with Crippen molar-refractivity contribution in [3.8, 4) is 0 Å². The third kappa shape index (κ3) is 2.10. The number of imidazole rings is 1. The molecule has 1 atom stereocenters. The van der Waals surface area contributed by atoms with E-state index >= 15 is 0 Å². The smallest absolute Gasteiger partial charge is 0.0955 e. The summed E-state index contributed by atoms with van der Waals surface area (Å²) >= 11 is 1.88. The van der Waals surface area contributed by atoms with E-state index in [0.29, 0.717) is 5.37 Å². The predicted molar refractivity (Wildman–Crippen MR) is 67.8 cm³/mol. The van der Waals surface area contributed by atoms with Gasteiger partial charge in [-0.25, -0.2) is 4.98 Å². The van der Waals surface area contributed by atoms with E-state index in [9.17, 15) is 0 Å². The fraction of sp³-hybridized carbons (Fsp3) is 0.308. The summed E-state index contributed by atoms with van der Waals surface area (Å²) < 4.78 is 2.16. The van der Waals surface area contributed by atoms with Gasteiger partial charge in [0, 0.05) is 17.3 Å². The number of hydrogen-bond donors (Lipinski definition) is 1. The van der Waals surface area contributed by atoms with Gasteiger partial charge in [0.2, 0.25) is 0 Å². The van der Waals surface area contributed by atoms with Crippen molar-refractivity contribution < 1.29 is 5.11 Å². The maximum Gasteiger partial charge on any atom is 0.0955 e. The number of nitrogens with zero attached hydrogens (tertiary/aromatic N) is 2. The number of thioether (sulfide) groups is 1. The van der Waals surface area contributed by atoms with Crippen LogP contribution in [0.1, 0.15) is 22.9 Å². The first kappa shape index (κ1) is 10.9. The van der Waals surface area contributed by atoms with Crippen molar-refractivity contribution in [1.82, 2.24) is 9.55 Å². The van der Waals surface area contributed by atoms with Gasteiger partial charge in [-0.05, 0) is 30.0 Å². The molecule has 2 aromatic rings. The Hall–Kier alpha value is -1.26. The summed E-state index contributed by atoms with van der Waals surface area (Å²) in [5, 5.41) is 9.57. The van der Waals surface area contributed by atoms with Gasteiger partial charge in [-0.1, -0.05) is 12.1 Å². The van der Waals surface area contributed by atoms with E-state index in [1.165, 1.54) is 10.5 Å². The van der Waals surface area contributed by atoms with Gasteiger partial charge < -0.3 is 9.67 Å². The van der Waals surface area contributed by atoms with Crippen molar-refractivity contribution in [2.24, 2.45) is 0 Å². The van der Waals surface area contributed by atoms with E-state index < -0.39 is 0 Å². The summed E-state index contributed by atoms with van der Waals surface area (Å²) in [6.07, 6.45) is 7.91. The minimum atomic E-state index is 0.128. The Labute approximate surface area is 104 Å². The first-order valence-corrected chi connectivity index (χ1v) is 6.61. The molecule has 88 valence electrons. The summed E-state index contributed by atoms with van der Waals surface area (Å²) in [5.41, 5.74) is 2.36. The normalized spacial score (nSPS) is 19.0. The van der Waals surface area contributed by atoms with Crippen LogP contribution in [-0.4, -0.2) is 14.7 Å². The monoisotopic (exact) mass is 246 g/mol. The van der Waals surface area contributed by atoms with E-state index in [1.807, 2.05) is 36.5 Å². The van der Waals surface area contributed by atoms with Crippen LogP contribution in [0.15, 0.2) is 41.8 Å². The van der Waals surface area contributed by atoms with Gasteiger partial charge in [0.25, 0.3) is 0 Å². The van der Waals surface area contributed by atoms with Crippen LogP contribution in [0.3, 0.4) is 0 Å². The molecule has 1 unspecified atom stereocenters. The quantitative estimate of drug-likeness (QED) is 0.885. The largest absolute Gasteiger partial charge is 0.392 e. The molecular weight excluding hydrogens is 232 g/mol. The van der Waals surface area contributed by atoms with Gasteiger partial charge in [0.05, 0.1) is 18.3 Å². The number of fused-ring (bicyclic) bond motifs is 1. The van der Waals surface area contributed by atoms with Gasteiger partial charge >= 0.3 is 0 Å². The second-order valence-corrected chi connectivity index (χ2v) is 5.44. The number of aliphatic hydroxyl groups excluding tert-OH is 1. The average molecular weight is 246 g/mol. The molecule has 1 aromatic carbocycles. The molecule has 0 amide bonds. The van der Waals surface area contributed by atoms with Gasteiger partial charge in [-0.3, -0.25) is 0 Å².